The van der Waals surface area contributed by atoms with Crippen LogP contribution in [0.1, 0.15) is 39.0 Å². The third-order valence-corrected chi connectivity index (χ3v) is 6.10. The summed E-state index contributed by atoms with van der Waals surface area (Å²) in [4.78, 5) is 15.1. The first kappa shape index (κ1) is 20.5. The fourth-order valence-electron chi connectivity index (χ4n) is 4.12. The second kappa shape index (κ2) is 9.32. The van der Waals surface area contributed by atoms with Crippen molar-refractivity contribution in [2.45, 2.75) is 50.6 Å². The van der Waals surface area contributed by atoms with Gasteiger partial charge in [-0.05, 0) is 38.0 Å². The minimum absolute atomic E-state index is 0.101. The Kier molecular flexibility index (Phi) is 7.09. The van der Waals surface area contributed by atoms with E-state index < -0.39 is 5.82 Å². The van der Waals surface area contributed by atoms with Crippen LogP contribution in [0.2, 0.25) is 5.02 Å². The lowest BCUT2D eigenvalue weighted by molar-refractivity contribution is -0.118. The number of ether oxygens (including phenoxy) is 1. The molecule has 1 heterocycles. The summed E-state index contributed by atoms with van der Waals surface area (Å²) >= 11 is 6.01. The summed E-state index contributed by atoms with van der Waals surface area (Å²) < 4.78 is 18.7. The van der Waals surface area contributed by atoms with Gasteiger partial charge in [0.1, 0.15) is 5.82 Å². The lowest BCUT2D eigenvalue weighted by Crippen LogP contribution is -2.60. The molecule has 1 saturated heterocycles. The molecule has 2 N–H and O–H groups in total. The number of carbonyl (C=O) groups excluding carboxylic acids is 1. The van der Waals surface area contributed by atoms with E-state index in [9.17, 15) is 9.18 Å². The summed E-state index contributed by atoms with van der Waals surface area (Å²) in [5, 5.41) is 6.41. The molecule has 3 rings (SSSR count). The van der Waals surface area contributed by atoms with Gasteiger partial charge in [0.25, 0.3) is 0 Å². The summed E-state index contributed by atoms with van der Waals surface area (Å²) in [7, 11) is 0. The van der Waals surface area contributed by atoms with Crippen LogP contribution in [0.25, 0.3) is 0 Å². The standard InChI is InChI=1S/C20H29ClFN3O2/c1-15(19(26)24-18-6-5-16(22)13-17(18)21)23-14-20(7-3-2-4-8-20)25-9-11-27-12-10-25/h5-6,13,15,23H,2-4,7-12,14H2,1H3,(H,24,26). The average molecular weight is 398 g/mol. The zero-order valence-corrected chi connectivity index (χ0v) is 16.7. The van der Waals surface area contributed by atoms with E-state index in [0.29, 0.717) is 5.69 Å². The molecule has 1 unspecified atom stereocenters. The van der Waals surface area contributed by atoms with E-state index in [1.54, 1.807) is 0 Å². The minimum Gasteiger partial charge on any atom is -0.379 e. The normalized spacial score (nSPS) is 21.6. The van der Waals surface area contributed by atoms with Gasteiger partial charge in [-0.1, -0.05) is 30.9 Å². The van der Waals surface area contributed by atoms with E-state index >= 15 is 0 Å². The second-order valence-corrected chi connectivity index (χ2v) is 8.01. The summed E-state index contributed by atoms with van der Waals surface area (Å²) in [6, 6.07) is 3.60. The molecule has 1 saturated carbocycles. The predicted octanol–water partition coefficient (Wildman–Crippen LogP) is 3.43. The van der Waals surface area contributed by atoms with Gasteiger partial charge >= 0.3 is 0 Å². The first-order valence-corrected chi connectivity index (χ1v) is 10.2. The molecule has 27 heavy (non-hydrogen) atoms. The maximum Gasteiger partial charge on any atom is 0.241 e. The zero-order chi connectivity index (χ0) is 19.3. The molecule has 1 aliphatic carbocycles. The maximum atomic E-state index is 13.2. The van der Waals surface area contributed by atoms with Crippen LogP contribution in [0.3, 0.4) is 0 Å². The summed E-state index contributed by atoms with van der Waals surface area (Å²) in [5.41, 5.74) is 0.529. The van der Waals surface area contributed by atoms with Crippen LogP contribution < -0.4 is 10.6 Å². The van der Waals surface area contributed by atoms with Crippen molar-refractivity contribution in [1.82, 2.24) is 10.2 Å². The van der Waals surface area contributed by atoms with Gasteiger partial charge in [-0.25, -0.2) is 4.39 Å². The van der Waals surface area contributed by atoms with Crippen LogP contribution >= 0.6 is 11.6 Å². The Morgan fingerprint density at radius 3 is 2.67 bits per heavy atom. The van der Waals surface area contributed by atoms with Gasteiger partial charge in [0.2, 0.25) is 5.91 Å². The van der Waals surface area contributed by atoms with E-state index in [-0.39, 0.29) is 22.5 Å². The molecular weight excluding hydrogens is 369 g/mol. The van der Waals surface area contributed by atoms with Crippen molar-refractivity contribution in [2.24, 2.45) is 0 Å². The third kappa shape index (κ3) is 5.19. The molecule has 150 valence electrons. The maximum absolute atomic E-state index is 13.2. The highest BCUT2D eigenvalue weighted by atomic mass is 35.5. The van der Waals surface area contributed by atoms with Crippen LogP contribution in [0.4, 0.5) is 10.1 Å². The Morgan fingerprint density at radius 1 is 1.30 bits per heavy atom. The lowest BCUT2D eigenvalue weighted by Gasteiger charge is -2.48. The Bertz CT molecular complexity index is 646. The van der Waals surface area contributed by atoms with Gasteiger partial charge < -0.3 is 15.4 Å². The minimum atomic E-state index is -0.422. The quantitative estimate of drug-likeness (QED) is 0.772. The van der Waals surface area contributed by atoms with Crippen molar-refractivity contribution in [2.75, 3.05) is 38.2 Å². The summed E-state index contributed by atoms with van der Waals surface area (Å²) in [6.45, 7) is 6.09. The number of hydrogen-bond donors (Lipinski definition) is 2. The number of morpholine rings is 1. The van der Waals surface area contributed by atoms with Crippen LogP contribution in [-0.2, 0) is 9.53 Å². The number of carbonyl (C=O) groups is 1. The average Bonchev–Trinajstić information content (AvgIpc) is 2.69. The molecule has 1 aliphatic heterocycles. The van der Waals surface area contributed by atoms with Crippen molar-refractivity contribution < 1.29 is 13.9 Å². The van der Waals surface area contributed by atoms with Crippen molar-refractivity contribution in [3.63, 3.8) is 0 Å². The van der Waals surface area contributed by atoms with E-state index in [1.165, 1.54) is 37.5 Å². The number of rotatable bonds is 6. The van der Waals surface area contributed by atoms with Gasteiger partial charge in [-0.2, -0.15) is 0 Å². The molecule has 0 bridgehead atoms. The highest BCUT2D eigenvalue weighted by molar-refractivity contribution is 6.33. The van der Waals surface area contributed by atoms with E-state index in [1.807, 2.05) is 6.92 Å². The number of benzene rings is 1. The van der Waals surface area contributed by atoms with Crippen molar-refractivity contribution in [3.8, 4) is 0 Å². The molecule has 0 radical (unpaired) electrons. The second-order valence-electron chi connectivity index (χ2n) is 7.60. The molecule has 0 spiro atoms. The summed E-state index contributed by atoms with van der Waals surface area (Å²) in [6.07, 6.45) is 6.04. The highest BCUT2D eigenvalue weighted by Gasteiger charge is 2.38. The Hall–Kier alpha value is -1.21. The van der Waals surface area contributed by atoms with Gasteiger partial charge in [0.15, 0.2) is 0 Å². The molecule has 1 amide bonds. The molecule has 1 atom stereocenters. The molecule has 1 aromatic rings. The lowest BCUT2D eigenvalue weighted by atomic mass is 9.79. The van der Waals surface area contributed by atoms with Crippen molar-refractivity contribution in [3.05, 3.63) is 29.0 Å². The Morgan fingerprint density at radius 2 is 2.00 bits per heavy atom. The first-order valence-electron chi connectivity index (χ1n) is 9.82. The Balaban J connectivity index is 1.59. The molecule has 2 aliphatic rings. The van der Waals surface area contributed by atoms with Gasteiger partial charge in [0, 0.05) is 25.2 Å². The van der Waals surface area contributed by atoms with Crippen molar-refractivity contribution in [1.29, 1.82) is 0 Å². The molecular formula is C20H29ClFN3O2. The fraction of sp³-hybridized carbons (Fsp3) is 0.650. The molecule has 7 heteroatoms. The smallest absolute Gasteiger partial charge is 0.241 e. The number of hydrogen-bond acceptors (Lipinski definition) is 4. The molecule has 2 fully saturated rings. The van der Waals surface area contributed by atoms with Gasteiger partial charge in [0.05, 0.1) is 30.0 Å². The SMILES string of the molecule is CC(NCC1(N2CCOCC2)CCCCC1)C(=O)Nc1ccc(F)cc1Cl. The predicted molar refractivity (Wildman–Crippen MR) is 106 cm³/mol. The van der Waals surface area contributed by atoms with Crippen LogP contribution in [0.15, 0.2) is 18.2 Å². The van der Waals surface area contributed by atoms with Crippen molar-refractivity contribution >= 4 is 23.2 Å². The number of nitrogens with zero attached hydrogens (tertiary/aromatic N) is 1. The number of nitrogens with one attached hydrogen (secondary N) is 2. The van der Waals surface area contributed by atoms with E-state index in [4.69, 9.17) is 16.3 Å². The molecule has 5 nitrogen and oxygen atoms in total. The Labute approximate surface area is 165 Å². The monoisotopic (exact) mass is 397 g/mol. The van der Waals surface area contributed by atoms with Crippen LogP contribution in [0.5, 0.6) is 0 Å². The van der Waals surface area contributed by atoms with E-state index in [0.717, 1.165) is 45.7 Å². The topological polar surface area (TPSA) is 53.6 Å². The molecule has 1 aromatic carbocycles. The zero-order valence-electron chi connectivity index (χ0n) is 15.9. The third-order valence-electron chi connectivity index (χ3n) is 5.79. The van der Waals surface area contributed by atoms with Gasteiger partial charge in [-0.15, -0.1) is 0 Å². The number of amides is 1. The van der Waals surface area contributed by atoms with E-state index in [2.05, 4.69) is 15.5 Å². The first-order chi connectivity index (χ1) is 13.0. The van der Waals surface area contributed by atoms with Crippen LogP contribution in [-0.4, -0.2) is 55.2 Å². The van der Waals surface area contributed by atoms with Gasteiger partial charge in [-0.3, -0.25) is 9.69 Å². The fourth-order valence-corrected chi connectivity index (χ4v) is 4.33. The highest BCUT2D eigenvalue weighted by Crippen LogP contribution is 2.34. The summed E-state index contributed by atoms with van der Waals surface area (Å²) in [5.74, 6) is -0.592. The largest absolute Gasteiger partial charge is 0.379 e. The molecule has 0 aromatic heterocycles. The number of halogens is 2. The van der Waals surface area contributed by atoms with Crippen LogP contribution in [0, 0.1) is 5.82 Å². The number of anilines is 1.